The van der Waals surface area contributed by atoms with Crippen LogP contribution in [0.1, 0.15) is 23.6 Å². The first-order valence-corrected chi connectivity index (χ1v) is 9.32. The first-order valence-electron chi connectivity index (χ1n) is 8.12. The van der Waals surface area contributed by atoms with Crippen LogP contribution in [0.2, 0.25) is 0 Å². The number of rotatable bonds is 7. The van der Waals surface area contributed by atoms with Crippen LogP contribution in [0, 0.1) is 12.7 Å². The molecule has 0 radical (unpaired) electrons. The molecule has 144 valence electrons. The number of nitrogens with zero attached hydrogens (tertiary/aromatic N) is 1. The molecule has 0 aliphatic heterocycles. The van der Waals surface area contributed by atoms with Gasteiger partial charge < -0.3 is 9.47 Å². The van der Waals surface area contributed by atoms with E-state index in [0.29, 0.717) is 10.7 Å². The third-order valence-corrected chi connectivity index (χ3v) is 4.54. The van der Waals surface area contributed by atoms with E-state index in [9.17, 15) is 13.7 Å². The molecule has 8 heteroatoms. The Labute approximate surface area is 170 Å². The van der Waals surface area contributed by atoms with Gasteiger partial charge in [-0.15, -0.1) is 0 Å². The van der Waals surface area contributed by atoms with E-state index >= 15 is 0 Å². The lowest BCUT2D eigenvalue weighted by Gasteiger charge is -2.18. The van der Waals surface area contributed by atoms with Gasteiger partial charge in [-0.05, 0) is 43.2 Å². The molecule has 2 rings (SSSR count). The second-order valence-corrected chi connectivity index (χ2v) is 6.95. The lowest BCUT2D eigenvalue weighted by Crippen LogP contribution is -2.23. The van der Waals surface area contributed by atoms with Crippen molar-refractivity contribution in [3.8, 4) is 5.75 Å². The Kier molecular flexibility index (Phi) is 7.67. The lowest BCUT2D eigenvalue weighted by atomic mass is 10.1. The van der Waals surface area contributed by atoms with Gasteiger partial charge in [0, 0.05) is 10.5 Å². The molecule has 0 aliphatic carbocycles. The van der Waals surface area contributed by atoms with Crippen molar-refractivity contribution in [2.24, 2.45) is 0 Å². The van der Waals surface area contributed by atoms with Gasteiger partial charge in [-0.2, -0.15) is 5.12 Å². The number of aryl methyl sites for hydroxylation is 1. The molecular weight excluding hydrogens is 440 g/mol. The summed E-state index contributed by atoms with van der Waals surface area (Å²) in [7, 11) is 0. The zero-order chi connectivity index (χ0) is 20.0. The van der Waals surface area contributed by atoms with Crippen LogP contribution < -0.4 is 4.74 Å². The van der Waals surface area contributed by atoms with Gasteiger partial charge in [-0.1, -0.05) is 44.8 Å². The van der Waals surface area contributed by atoms with E-state index in [1.807, 2.05) is 0 Å². The average Bonchev–Trinajstić information content (AvgIpc) is 2.63. The summed E-state index contributed by atoms with van der Waals surface area (Å²) in [6, 6.07) is 9.58. The summed E-state index contributed by atoms with van der Waals surface area (Å²) in [5, 5.41) is 0.377. The molecule has 0 aromatic heterocycles. The molecule has 2 aromatic rings. The Balaban J connectivity index is 2.20. The maximum Gasteiger partial charge on any atom is 0.344 e. The molecule has 0 heterocycles. The zero-order valence-electron chi connectivity index (χ0n) is 14.8. The van der Waals surface area contributed by atoms with Crippen molar-refractivity contribution in [1.82, 2.24) is 5.12 Å². The molecule has 0 fully saturated rings. The van der Waals surface area contributed by atoms with Crippen molar-refractivity contribution in [3.63, 3.8) is 0 Å². The molecule has 0 saturated carbocycles. The van der Waals surface area contributed by atoms with Crippen molar-refractivity contribution >= 4 is 39.1 Å². The summed E-state index contributed by atoms with van der Waals surface area (Å²) >= 11 is 8.53. The highest BCUT2D eigenvalue weighted by Crippen LogP contribution is 2.26. The Hall–Kier alpha value is -2.06. The van der Waals surface area contributed by atoms with Crippen LogP contribution >= 0.6 is 28.1 Å². The van der Waals surface area contributed by atoms with Crippen molar-refractivity contribution in [1.29, 1.82) is 0 Å². The minimum absolute atomic E-state index is 0.0189. The zero-order valence-corrected chi connectivity index (χ0v) is 17.2. The van der Waals surface area contributed by atoms with E-state index in [-0.39, 0.29) is 35.0 Å². The van der Waals surface area contributed by atoms with Crippen LogP contribution in [0.3, 0.4) is 0 Å². The number of esters is 1. The van der Waals surface area contributed by atoms with E-state index in [0.717, 1.165) is 10.5 Å². The smallest absolute Gasteiger partial charge is 0.344 e. The predicted molar refractivity (Wildman–Crippen MR) is 106 cm³/mol. The van der Waals surface area contributed by atoms with Crippen LogP contribution in [0.4, 0.5) is 8.87 Å². The highest BCUT2D eigenvalue weighted by atomic mass is 79.9. The molecule has 0 spiro atoms. The summed E-state index contributed by atoms with van der Waals surface area (Å²) in [5.74, 6) is -1.17. The minimum atomic E-state index is -0.609. The molecule has 0 amide bonds. The molecule has 27 heavy (non-hydrogen) atoms. The summed E-state index contributed by atoms with van der Waals surface area (Å²) < 4.78 is 39.5. The third-order valence-electron chi connectivity index (χ3n) is 3.60. The third kappa shape index (κ3) is 5.97. The van der Waals surface area contributed by atoms with E-state index < -0.39 is 18.4 Å². The van der Waals surface area contributed by atoms with E-state index in [4.69, 9.17) is 21.7 Å². The highest BCUT2D eigenvalue weighted by molar-refractivity contribution is 9.10. The monoisotopic (exact) mass is 457 g/mol. The number of ether oxygens (including phenoxy) is 2. The second kappa shape index (κ2) is 9.75. The molecule has 0 aliphatic rings. The lowest BCUT2D eigenvalue weighted by molar-refractivity contribution is -0.145. The van der Waals surface area contributed by atoms with Crippen LogP contribution in [0.25, 0.3) is 0 Å². The molecule has 0 N–H and O–H groups in total. The summed E-state index contributed by atoms with van der Waals surface area (Å²) in [5.41, 5.74) is 1.18. The fourth-order valence-corrected chi connectivity index (χ4v) is 2.73. The second-order valence-electron chi connectivity index (χ2n) is 5.64. The summed E-state index contributed by atoms with van der Waals surface area (Å²) in [6.07, 6.45) is 0. The van der Waals surface area contributed by atoms with Crippen LogP contribution in [-0.4, -0.2) is 29.3 Å². The average molecular weight is 458 g/mol. The molecular formula is C19H18BrF2NO3S. The van der Waals surface area contributed by atoms with Crippen molar-refractivity contribution < 1.29 is 23.1 Å². The van der Waals surface area contributed by atoms with Gasteiger partial charge >= 0.3 is 5.97 Å². The Morgan fingerprint density at radius 3 is 2.56 bits per heavy atom. The number of hydrogen-bond acceptors (Lipinski definition) is 4. The van der Waals surface area contributed by atoms with E-state index in [2.05, 4.69) is 15.9 Å². The van der Waals surface area contributed by atoms with Gasteiger partial charge in [0.15, 0.2) is 6.61 Å². The van der Waals surface area contributed by atoms with Crippen LogP contribution in [0.15, 0.2) is 40.9 Å². The maximum atomic E-state index is 14.6. The van der Waals surface area contributed by atoms with Gasteiger partial charge in [-0.25, -0.2) is 9.18 Å². The van der Waals surface area contributed by atoms with Crippen LogP contribution in [-0.2, 0) is 16.1 Å². The Morgan fingerprint density at radius 2 is 1.93 bits per heavy atom. The fraction of sp³-hybridized carbons (Fsp3) is 0.263. The maximum absolute atomic E-state index is 14.6. The topological polar surface area (TPSA) is 38.8 Å². The van der Waals surface area contributed by atoms with E-state index in [1.54, 1.807) is 31.2 Å². The molecule has 0 atom stereocenters. The molecule has 0 bridgehead atoms. The van der Waals surface area contributed by atoms with E-state index in [1.165, 1.54) is 13.0 Å². The Bertz CT molecular complexity index is 830. The van der Waals surface area contributed by atoms with Crippen molar-refractivity contribution in [2.45, 2.75) is 20.4 Å². The summed E-state index contributed by atoms with van der Waals surface area (Å²) in [4.78, 5) is 11.3. The molecule has 0 saturated heterocycles. The molecule has 0 unspecified atom stereocenters. The van der Waals surface area contributed by atoms with Gasteiger partial charge in [0.05, 0.1) is 18.7 Å². The SMILES string of the molecule is CCOC(=O)COc1cc(F)c(C)cc1C(=S)N(F)Cc1ccc(Br)cc1. The van der Waals surface area contributed by atoms with Gasteiger partial charge in [0.1, 0.15) is 16.6 Å². The van der Waals surface area contributed by atoms with Crippen molar-refractivity contribution in [3.05, 3.63) is 63.4 Å². The standard InChI is InChI=1S/C19H18BrF2NO3S/c1-3-25-18(24)11-26-17-9-16(21)12(2)8-15(17)19(27)23(22)10-13-4-6-14(20)7-5-13/h4-9H,3,10-11H2,1-2H3. The number of benzene rings is 2. The van der Waals surface area contributed by atoms with Crippen molar-refractivity contribution in [2.75, 3.05) is 13.2 Å². The number of carbonyl (C=O) groups excluding carboxylic acids is 1. The first kappa shape index (κ1) is 21.2. The highest BCUT2D eigenvalue weighted by Gasteiger charge is 2.19. The minimum Gasteiger partial charge on any atom is -0.481 e. The van der Waals surface area contributed by atoms with Gasteiger partial charge in [0.2, 0.25) is 0 Å². The molecule has 2 aromatic carbocycles. The number of thiocarbonyl (C=S) groups is 1. The fourth-order valence-electron chi connectivity index (χ4n) is 2.24. The summed E-state index contributed by atoms with van der Waals surface area (Å²) in [6.45, 7) is 2.88. The molecule has 4 nitrogen and oxygen atoms in total. The normalized spacial score (nSPS) is 10.4. The predicted octanol–water partition coefficient (Wildman–Crippen LogP) is 4.90. The Morgan fingerprint density at radius 1 is 1.26 bits per heavy atom. The number of hydrogen-bond donors (Lipinski definition) is 0. The van der Waals surface area contributed by atoms with Gasteiger partial charge in [-0.3, -0.25) is 0 Å². The van der Waals surface area contributed by atoms with Crippen LogP contribution in [0.5, 0.6) is 5.75 Å². The quantitative estimate of drug-likeness (QED) is 0.335. The van der Waals surface area contributed by atoms with Gasteiger partial charge in [0.25, 0.3) is 0 Å². The first-order chi connectivity index (χ1) is 12.8. The largest absolute Gasteiger partial charge is 0.481 e. The number of halogens is 3. The number of carbonyl (C=O) groups is 1.